The van der Waals surface area contributed by atoms with Crippen molar-refractivity contribution in [3.8, 4) is 0 Å². The van der Waals surface area contributed by atoms with E-state index in [0.717, 1.165) is 10.9 Å². The maximum absolute atomic E-state index is 13.1. The van der Waals surface area contributed by atoms with Crippen molar-refractivity contribution in [3.05, 3.63) is 71.4 Å². The van der Waals surface area contributed by atoms with Crippen LogP contribution in [0.2, 0.25) is 5.02 Å². The predicted molar refractivity (Wildman–Crippen MR) is 123 cm³/mol. The average molecular weight is 440 g/mol. The molecule has 0 aliphatic rings. The van der Waals surface area contributed by atoms with Gasteiger partial charge >= 0.3 is 6.09 Å². The first-order valence-corrected chi connectivity index (χ1v) is 10.5. The Balaban J connectivity index is 1.78. The van der Waals surface area contributed by atoms with Crippen LogP contribution in [0.25, 0.3) is 10.9 Å². The first-order chi connectivity index (χ1) is 14.7. The van der Waals surface area contributed by atoms with Crippen LogP contribution in [0, 0.1) is 0 Å². The number of amides is 2. The van der Waals surface area contributed by atoms with E-state index in [-0.39, 0.29) is 5.91 Å². The number of halogens is 1. The van der Waals surface area contributed by atoms with Gasteiger partial charge in [0.15, 0.2) is 0 Å². The maximum atomic E-state index is 13.1. The number of carbonyl (C=O) groups is 2. The molecular weight excluding hydrogens is 414 g/mol. The molecule has 2 amide bonds. The molecule has 3 rings (SSSR count). The normalized spacial score (nSPS) is 12.3. The molecule has 2 aromatic carbocycles. The van der Waals surface area contributed by atoms with Crippen molar-refractivity contribution in [2.24, 2.45) is 0 Å². The van der Waals surface area contributed by atoms with Gasteiger partial charge in [0.05, 0.1) is 11.2 Å². The van der Waals surface area contributed by atoms with E-state index >= 15 is 0 Å². The van der Waals surface area contributed by atoms with Crippen molar-refractivity contribution in [1.82, 2.24) is 10.3 Å². The highest BCUT2D eigenvalue weighted by molar-refractivity contribution is 6.31. The Hall–Kier alpha value is -3.12. The number of rotatable bonds is 6. The van der Waals surface area contributed by atoms with Crippen molar-refractivity contribution in [1.29, 1.82) is 0 Å². The molecular formula is C24H26ClN3O3. The number of anilines is 1. The van der Waals surface area contributed by atoms with E-state index in [1.807, 2.05) is 30.3 Å². The number of hydrogen-bond acceptors (Lipinski definition) is 4. The molecule has 0 unspecified atom stereocenters. The molecule has 162 valence electrons. The Morgan fingerprint density at radius 3 is 2.55 bits per heavy atom. The van der Waals surface area contributed by atoms with Crippen LogP contribution in [-0.4, -0.2) is 28.6 Å². The Labute approximate surface area is 187 Å². The molecule has 6 nitrogen and oxygen atoms in total. The zero-order chi connectivity index (χ0) is 22.4. The number of alkyl carbamates (subject to hydrolysis) is 1. The van der Waals surface area contributed by atoms with E-state index in [1.54, 1.807) is 51.2 Å². The monoisotopic (exact) mass is 439 g/mol. The minimum atomic E-state index is -0.773. The summed E-state index contributed by atoms with van der Waals surface area (Å²) in [6.07, 6.45) is 2.02. The molecule has 0 spiro atoms. The van der Waals surface area contributed by atoms with E-state index in [1.165, 1.54) is 0 Å². The molecule has 0 aliphatic heterocycles. The third-order valence-electron chi connectivity index (χ3n) is 4.53. The lowest BCUT2D eigenvalue weighted by Gasteiger charge is -2.23. The highest BCUT2D eigenvalue weighted by Crippen LogP contribution is 2.24. The highest BCUT2D eigenvalue weighted by Gasteiger charge is 2.25. The van der Waals surface area contributed by atoms with Gasteiger partial charge in [-0.3, -0.25) is 9.78 Å². The largest absolute Gasteiger partial charge is 0.444 e. The van der Waals surface area contributed by atoms with Gasteiger partial charge in [0.1, 0.15) is 11.6 Å². The number of ether oxygens (including phenoxy) is 1. The number of nitrogens with one attached hydrogen (secondary N) is 2. The quantitative estimate of drug-likeness (QED) is 0.542. The average Bonchev–Trinajstić information content (AvgIpc) is 2.70. The summed E-state index contributed by atoms with van der Waals surface area (Å²) in [6.45, 7) is 5.33. The van der Waals surface area contributed by atoms with Crippen molar-refractivity contribution in [2.45, 2.75) is 45.3 Å². The van der Waals surface area contributed by atoms with Gasteiger partial charge in [0.2, 0.25) is 5.91 Å². The second-order valence-electron chi connectivity index (χ2n) is 8.23. The Bertz CT molecular complexity index is 1060. The van der Waals surface area contributed by atoms with Crippen LogP contribution in [0.15, 0.2) is 60.8 Å². The fourth-order valence-electron chi connectivity index (χ4n) is 3.12. The van der Waals surface area contributed by atoms with Gasteiger partial charge < -0.3 is 15.4 Å². The van der Waals surface area contributed by atoms with E-state index in [0.29, 0.717) is 29.1 Å². The van der Waals surface area contributed by atoms with Crippen LogP contribution in [0.3, 0.4) is 0 Å². The molecule has 7 heteroatoms. The summed E-state index contributed by atoms with van der Waals surface area (Å²) in [5.74, 6) is -0.329. The van der Waals surface area contributed by atoms with Crippen LogP contribution in [0.5, 0.6) is 0 Å². The maximum Gasteiger partial charge on any atom is 0.408 e. The van der Waals surface area contributed by atoms with Crippen LogP contribution < -0.4 is 10.6 Å². The van der Waals surface area contributed by atoms with Gasteiger partial charge in [-0.1, -0.05) is 41.9 Å². The van der Waals surface area contributed by atoms with E-state index in [9.17, 15) is 9.59 Å². The smallest absolute Gasteiger partial charge is 0.408 e. The van der Waals surface area contributed by atoms with Crippen molar-refractivity contribution in [3.63, 3.8) is 0 Å². The first-order valence-electron chi connectivity index (χ1n) is 10.1. The number of carbonyl (C=O) groups excluding carboxylic acids is 2. The zero-order valence-electron chi connectivity index (χ0n) is 17.8. The fraction of sp³-hybridized carbons (Fsp3) is 0.292. The SMILES string of the molecule is CC(C)(C)OC(=O)N[C@H](CCc1ccccc1)C(=O)Nc1ccnc2cc(Cl)ccc12. The molecule has 0 fully saturated rings. The van der Waals surface area contributed by atoms with Crippen molar-refractivity contribution < 1.29 is 14.3 Å². The lowest BCUT2D eigenvalue weighted by molar-refractivity contribution is -0.118. The lowest BCUT2D eigenvalue weighted by atomic mass is 10.0. The minimum absolute atomic E-state index is 0.329. The van der Waals surface area contributed by atoms with Gasteiger partial charge in [-0.15, -0.1) is 0 Å². The molecule has 1 heterocycles. The van der Waals surface area contributed by atoms with Crippen LogP contribution in [0.4, 0.5) is 10.5 Å². The summed E-state index contributed by atoms with van der Waals surface area (Å²) in [4.78, 5) is 29.8. The third kappa shape index (κ3) is 6.69. The molecule has 0 aliphatic carbocycles. The number of pyridine rings is 1. The molecule has 0 radical (unpaired) electrons. The predicted octanol–water partition coefficient (Wildman–Crippen LogP) is 5.35. The summed E-state index contributed by atoms with van der Waals surface area (Å²) in [7, 11) is 0. The second-order valence-corrected chi connectivity index (χ2v) is 8.67. The summed E-state index contributed by atoms with van der Waals surface area (Å²) >= 11 is 6.05. The zero-order valence-corrected chi connectivity index (χ0v) is 18.6. The van der Waals surface area contributed by atoms with E-state index < -0.39 is 17.7 Å². The fourth-order valence-corrected chi connectivity index (χ4v) is 3.29. The van der Waals surface area contributed by atoms with Crippen LogP contribution in [-0.2, 0) is 16.0 Å². The summed E-state index contributed by atoms with van der Waals surface area (Å²) in [5.41, 5.74) is 1.69. The topological polar surface area (TPSA) is 80.3 Å². The molecule has 31 heavy (non-hydrogen) atoms. The van der Waals surface area contributed by atoms with Crippen LogP contribution >= 0.6 is 11.6 Å². The van der Waals surface area contributed by atoms with Gasteiger partial charge in [-0.2, -0.15) is 0 Å². The van der Waals surface area contributed by atoms with E-state index in [4.69, 9.17) is 16.3 Å². The number of aryl methyl sites for hydroxylation is 1. The Morgan fingerprint density at radius 2 is 1.84 bits per heavy atom. The third-order valence-corrected chi connectivity index (χ3v) is 4.77. The lowest BCUT2D eigenvalue weighted by Crippen LogP contribution is -2.46. The second kappa shape index (κ2) is 9.79. The molecule has 1 atom stereocenters. The molecule has 3 aromatic rings. The van der Waals surface area contributed by atoms with Crippen molar-refractivity contribution >= 4 is 40.2 Å². The number of nitrogens with zero attached hydrogens (tertiary/aromatic N) is 1. The number of benzene rings is 2. The summed E-state index contributed by atoms with van der Waals surface area (Å²) in [6, 6.07) is 16.0. The molecule has 2 N–H and O–H groups in total. The van der Waals surface area contributed by atoms with Gasteiger partial charge in [0, 0.05) is 16.6 Å². The van der Waals surface area contributed by atoms with Crippen molar-refractivity contribution in [2.75, 3.05) is 5.32 Å². The molecule has 0 saturated heterocycles. The Morgan fingerprint density at radius 1 is 1.10 bits per heavy atom. The molecule has 0 saturated carbocycles. The summed E-state index contributed by atoms with van der Waals surface area (Å²) in [5, 5.41) is 6.96. The number of hydrogen-bond donors (Lipinski definition) is 2. The number of fused-ring (bicyclic) bond motifs is 1. The summed E-state index contributed by atoms with van der Waals surface area (Å²) < 4.78 is 5.35. The Kier molecular flexibility index (Phi) is 7.13. The molecule has 0 bridgehead atoms. The minimum Gasteiger partial charge on any atom is -0.444 e. The van der Waals surface area contributed by atoms with E-state index in [2.05, 4.69) is 15.6 Å². The highest BCUT2D eigenvalue weighted by atomic mass is 35.5. The first kappa shape index (κ1) is 22.6. The number of aromatic nitrogens is 1. The molecule has 1 aromatic heterocycles. The van der Waals surface area contributed by atoms with Gasteiger partial charge in [-0.25, -0.2) is 4.79 Å². The van der Waals surface area contributed by atoms with Gasteiger partial charge in [-0.05, 0) is 63.4 Å². The van der Waals surface area contributed by atoms with Crippen LogP contribution in [0.1, 0.15) is 32.8 Å². The van der Waals surface area contributed by atoms with Gasteiger partial charge in [0.25, 0.3) is 0 Å². The standard InChI is InChI=1S/C24H26ClN3O3/c1-24(2,3)31-23(30)28-20(12-9-16-7-5-4-6-8-16)22(29)27-19-13-14-26-21-15-17(25)10-11-18(19)21/h4-8,10-11,13-15,20H,9,12H2,1-3H3,(H,28,30)(H,26,27,29)/t20-/m1/s1.